The molecule has 7 heavy (non-hydrogen) atoms. The largest absolute Gasteiger partial charge is 3.00 e. The van der Waals surface area contributed by atoms with Crippen molar-refractivity contribution in [2.75, 3.05) is 0 Å². The van der Waals surface area contributed by atoms with Crippen LogP contribution in [-0.4, -0.2) is 76.3 Å². The van der Waals surface area contributed by atoms with Crippen molar-refractivity contribution in [1.82, 2.24) is 0 Å². The molecule has 45 valence electrons. The first kappa shape index (κ1) is 155. The molecule has 0 atom stereocenters. The van der Waals surface area contributed by atoms with Crippen molar-refractivity contribution < 1.29 is 44.4 Å². The molecule has 1 radical (unpaired) electrons. The molecule has 0 unspecified atom stereocenters. The minimum atomic E-state index is 0. The molecule has 5 nitrogen and oxygen atoms in total. The van der Waals surface area contributed by atoms with Gasteiger partial charge in [-0.05, 0) is 0 Å². The minimum Gasteiger partial charge on any atom is -0.870 e. The van der Waals surface area contributed by atoms with E-state index in [0.717, 1.165) is 0 Å². The molecule has 0 aliphatic carbocycles. The molecule has 0 amide bonds. The van der Waals surface area contributed by atoms with E-state index in [9.17, 15) is 0 Å². The summed E-state index contributed by atoms with van der Waals surface area (Å²) in [4.78, 5) is 0. The van der Waals surface area contributed by atoms with Gasteiger partial charge >= 0.3 is 65.9 Å². The second-order valence-electron chi connectivity index (χ2n) is 0. The minimum absolute atomic E-state index is 0. The molecule has 0 aliphatic rings. The zero-order chi connectivity index (χ0) is 0. The Hall–Kier alpha value is 1.89. The van der Waals surface area contributed by atoms with Crippen molar-refractivity contribution in [3.8, 4) is 0 Å². The summed E-state index contributed by atoms with van der Waals surface area (Å²) in [6.45, 7) is 0. The van der Waals surface area contributed by atoms with E-state index in [2.05, 4.69) is 0 Å². The molecular weight excluding hydrogens is 273 g/mol. The molecule has 0 saturated heterocycles. The van der Waals surface area contributed by atoms with E-state index in [1.54, 1.807) is 0 Å². The van der Waals surface area contributed by atoms with Crippen LogP contribution in [0.1, 0.15) is 0 Å². The third-order valence-electron chi connectivity index (χ3n) is 0. The summed E-state index contributed by atoms with van der Waals surface area (Å²) in [5.41, 5.74) is 0. The van der Waals surface area contributed by atoms with Crippen molar-refractivity contribution >= 4 is 48.9 Å². The van der Waals surface area contributed by atoms with E-state index in [-0.39, 0.29) is 93.3 Å². The van der Waals surface area contributed by atoms with Gasteiger partial charge in [-0.3, -0.25) is 0 Å². The van der Waals surface area contributed by atoms with Gasteiger partial charge in [0.25, 0.3) is 0 Å². The Morgan fingerprint density at radius 2 is 0.429 bits per heavy atom. The van der Waals surface area contributed by atoms with Crippen molar-refractivity contribution in [1.29, 1.82) is 0 Å². The van der Waals surface area contributed by atoms with Gasteiger partial charge in [0.05, 0.1) is 0 Å². The maximum atomic E-state index is 0. The molecule has 5 N–H and O–H groups in total. The predicted molar refractivity (Wildman–Crippen MR) is 15.4 cm³/mol. The van der Waals surface area contributed by atoms with Crippen LogP contribution in [0.15, 0.2) is 0 Å². The Bertz CT molecular complexity index is 8.04. The van der Waals surface area contributed by atoms with Crippen molar-refractivity contribution in [2.24, 2.45) is 0 Å². The molecule has 0 aromatic carbocycles. The number of rotatable bonds is 0. The van der Waals surface area contributed by atoms with Gasteiger partial charge in [-0.2, -0.15) is 0 Å². The molecular formula is H5BaFeO5. The maximum absolute atomic E-state index is 0. The van der Waals surface area contributed by atoms with Crippen LogP contribution in [0, 0.1) is 0 Å². The summed E-state index contributed by atoms with van der Waals surface area (Å²) in [5.74, 6) is 0. The average Bonchev–Trinajstić information content (AvgIpc) is 0. The van der Waals surface area contributed by atoms with Gasteiger partial charge in [0.2, 0.25) is 0 Å². The van der Waals surface area contributed by atoms with Gasteiger partial charge < -0.3 is 27.4 Å². The number of hydrogen-bond acceptors (Lipinski definition) is 5. The molecule has 0 bridgehead atoms. The Morgan fingerprint density at radius 3 is 0.429 bits per heavy atom. The van der Waals surface area contributed by atoms with E-state index < -0.39 is 0 Å². The van der Waals surface area contributed by atoms with Crippen molar-refractivity contribution in [3.05, 3.63) is 0 Å². The molecule has 0 heterocycles. The Kier molecular flexibility index (Phi) is 2320. The summed E-state index contributed by atoms with van der Waals surface area (Å²) >= 11 is 0. The Balaban J connectivity index is 0. The average molecular weight is 278 g/mol. The zero-order valence-electron chi connectivity index (χ0n) is 3.30. The van der Waals surface area contributed by atoms with E-state index in [0.29, 0.717) is 0 Å². The third kappa shape index (κ3) is 76.6. The molecule has 0 rings (SSSR count). The Morgan fingerprint density at radius 1 is 0.429 bits per heavy atom. The summed E-state index contributed by atoms with van der Waals surface area (Å²) in [6, 6.07) is 0. The normalized spacial score (nSPS) is 0. The van der Waals surface area contributed by atoms with E-state index in [1.165, 1.54) is 0 Å². The quantitative estimate of drug-likeness (QED) is 0.506. The standard InChI is InChI=1S/Ba.Fe.5H2O/h;;5*1H2/q+2;+3;;;;;/p-5. The monoisotopic (exact) mass is 279 g/mol. The smallest absolute Gasteiger partial charge is 0.870 e. The Labute approximate surface area is 91.9 Å². The van der Waals surface area contributed by atoms with Crippen LogP contribution in [0.4, 0.5) is 0 Å². The number of hydrogen-bond donors (Lipinski definition) is 0. The van der Waals surface area contributed by atoms with E-state index >= 15 is 0 Å². The van der Waals surface area contributed by atoms with Crippen LogP contribution in [0.5, 0.6) is 0 Å². The molecule has 7 heteroatoms. The third-order valence-corrected chi connectivity index (χ3v) is 0. The van der Waals surface area contributed by atoms with Gasteiger partial charge in [0, 0.05) is 0 Å². The van der Waals surface area contributed by atoms with Crippen molar-refractivity contribution in [3.63, 3.8) is 0 Å². The van der Waals surface area contributed by atoms with Crippen LogP contribution in [0.25, 0.3) is 0 Å². The molecule has 0 aromatic rings. The first-order valence-corrected chi connectivity index (χ1v) is 0. The summed E-state index contributed by atoms with van der Waals surface area (Å²) in [5, 5.41) is 0. The second kappa shape index (κ2) is 105. The van der Waals surface area contributed by atoms with Crippen LogP contribution in [0.2, 0.25) is 0 Å². The molecule has 0 aromatic heterocycles. The van der Waals surface area contributed by atoms with Gasteiger partial charge in [0.1, 0.15) is 0 Å². The van der Waals surface area contributed by atoms with Gasteiger partial charge in [-0.15, -0.1) is 0 Å². The predicted octanol–water partition coefficient (Wildman–Crippen LogP) is -1.27. The van der Waals surface area contributed by atoms with Crippen LogP contribution in [-0.2, 0) is 17.1 Å². The fraction of sp³-hybridized carbons (Fsp3) is 0. The maximum Gasteiger partial charge on any atom is 3.00 e. The van der Waals surface area contributed by atoms with Gasteiger partial charge in [-0.1, -0.05) is 0 Å². The molecule has 0 spiro atoms. The van der Waals surface area contributed by atoms with E-state index in [1.807, 2.05) is 0 Å². The molecule has 0 fully saturated rings. The van der Waals surface area contributed by atoms with Crippen LogP contribution < -0.4 is 0 Å². The van der Waals surface area contributed by atoms with Crippen LogP contribution in [0.3, 0.4) is 0 Å². The van der Waals surface area contributed by atoms with Gasteiger partial charge in [-0.25, -0.2) is 0 Å². The van der Waals surface area contributed by atoms with Crippen molar-refractivity contribution in [2.45, 2.75) is 0 Å². The summed E-state index contributed by atoms with van der Waals surface area (Å²) in [6.07, 6.45) is 0. The first-order chi connectivity index (χ1) is 0. The fourth-order valence-corrected chi connectivity index (χ4v) is 0. The zero-order valence-corrected chi connectivity index (χ0v) is 8.84. The van der Waals surface area contributed by atoms with Crippen LogP contribution >= 0.6 is 0 Å². The topological polar surface area (TPSA) is 150 Å². The van der Waals surface area contributed by atoms with Gasteiger partial charge in [0.15, 0.2) is 0 Å². The first-order valence-electron chi connectivity index (χ1n) is 0. The summed E-state index contributed by atoms with van der Waals surface area (Å²) in [7, 11) is 0. The molecule has 0 aliphatic heterocycles. The summed E-state index contributed by atoms with van der Waals surface area (Å²) < 4.78 is 0. The van der Waals surface area contributed by atoms with E-state index in [4.69, 9.17) is 0 Å². The fourth-order valence-electron chi connectivity index (χ4n) is 0. The SMILES string of the molecule is [Ba+2].[Fe+3].[OH-].[OH-].[OH-].[OH-].[OH-]. The molecule has 0 saturated carbocycles. The second-order valence-corrected chi connectivity index (χ2v) is 0.